The molecule has 2 aromatic heterocycles. The molecule has 5 rings (SSSR count). The summed E-state index contributed by atoms with van der Waals surface area (Å²) in [4.78, 5) is 13.7. The van der Waals surface area contributed by atoms with E-state index in [0.29, 0.717) is 12.3 Å². The Kier molecular flexibility index (Phi) is 5.01. The largest absolute Gasteiger partial charge is 0.487 e. The summed E-state index contributed by atoms with van der Waals surface area (Å²) >= 11 is 0. The van der Waals surface area contributed by atoms with Crippen molar-refractivity contribution in [3.05, 3.63) is 120 Å². The summed E-state index contributed by atoms with van der Waals surface area (Å²) in [5.74, 6) is 0.812. The normalized spacial score (nSPS) is 11.1. The maximum atomic E-state index is 13.7. The van der Waals surface area contributed by atoms with Gasteiger partial charge in [0.15, 0.2) is 0 Å². The van der Waals surface area contributed by atoms with Crippen LogP contribution in [0.15, 0.2) is 97.2 Å². The number of nitrogens with zero attached hydrogens (tertiary/aromatic N) is 1. The minimum absolute atomic E-state index is 0.0360. The lowest BCUT2D eigenvalue weighted by Gasteiger charge is -2.10. The van der Waals surface area contributed by atoms with Crippen LogP contribution in [0.3, 0.4) is 0 Å². The third-order valence-corrected chi connectivity index (χ3v) is 5.72. The van der Waals surface area contributed by atoms with E-state index in [0.717, 1.165) is 45.1 Å². The van der Waals surface area contributed by atoms with E-state index in [1.807, 2.05) is 95.5 Å². The highest BCUT2D eigenvalue weighted by Crippen LogP contribution is 2.30. The minimum Gasteiger partial charge on any atom is -0.487 e. The molecule has 0 unspecified atom stereocenters. The van der Waals surface area contributed by atoms with Crippen LogP contribution in [0.4, 0.5) is 0 Å². The van der Waals surface area contributed by atoms with Crippen LogP contribution < -0.4 is 4.74 Å². The molecular formula is C28H23NO2. The van der Waals surface area contributed by atoms with Crippen molar-refractivity contribution in [3.63, 3.8) is 0 Å². The van der Waals surface area contributed by atoms with Crippen LogP contribution >= 0.6 is 0 Å². The fourth-order valence-electron chi connectivity index (χ4n) is 4.16. The molecule has 2 heterocycles. The number of hydrogen-bond donors (Lipinski definition) is 0. The Balaban J connectivity index is 1.59. The Hall–Kier alpha value is -3.85. The van der Waals surface area contributed by atoms with E-state index < -0.39 is 0 Å². The molecule has 0 aliphatic rings. The van der Waals surface area contributed by atoms with E-state index in [4.69, 9.17) is 4.74 Å². The number of pyridine rings is 1. The maximum absolute atomic E-state index is 13.7. The maximum Gasteiger partial charge on any atom is 0.210 e. The van der Waals surface area contributed by atoms with Crippen LogP contribution in [0.1, 0.15) is 34.1 Å². The second-order valence-corrected chi connectivity index (χ2v) is 7.63. The highest BCUT2D eigenvalue weighted by Gasteiger charge is 2.21. The number of carbonyl (C=O) groups is 1. The zero-order chi connectivity index (χ0) is 21.2. The van der Waals surface area contributed by atoms with Crippen LogP contribution in [-0.4, -0.2) is 10.2 Å². The highest BCUT2D eigenvalue weighted by molar-refractivity contribution is 6.16. The van der Waals surface area contributed by atoms with Crippen LogP contribution in [0.2, 0.25) is 0 Å². The van der Waals surface area contributed by atoms with E-state index >= 15 is 0 Å². The number of fused-ring (bicyclic) bond motifs is 2. The van der Waals surface area contributed by atoms with Crippen LogP contribution in [0, 0.1) is 0 Å². The Bertz CT molecular complexity index is 1380. The van der Waals surface area contributed by atoms with Crippen LogP contribution in [0.25, 0.3) is 16.3 Å². The average molecular weight is 405 g/mol. The van der Waals surface area contributed by atoms with Gasteiger partial charge in [0.05, 0.1) is 11.2 Å². The highest BCUT2D eigenvalue weighted by atomic mass is 16.5. The van der Waals surface area contributed by atoms with Gasteiger partial charge in [-0.1, -0.05) is 79.7 Å². The quantitative estimate of drug-likeness (QED) is 0.303. The molecule has 3 aromatic carbocycles. The third-order valence-electron chi connectivity index (χ3n) is 5.72. The molecule has 0 spiro atoms. The Labute approximate surface area is 181 Å². The molecule has 0 saturated carbocycles. The Morgan fingerprint density at radius 3 is 2.48 bits per heavy atom. The van der Waals surface area contributed by atoms with Crippen molar-refractivity contribution >= 4 is 22.1 Å². The summed E-state index contributed by atoms with van der Waals surface area (Å²) in [5.41, 5.74) is 4.48. The molecule has 0 radical (unpaired) electrons. The predicted molar refractivity (Wildman–Crippen MR) is 125 cm³/mol. The molecule has 152 valence electrons. The van der Waals surface area contributed by atoms with Gasteiger partial charge in [0.1, 0.15) is 12.4 Å². The molecule has 0 aliphatic carbocycles. The van der Waals surface area contributed by atoms with Gasteiger partial charge in [0.2, 0.25) is 5.78 Å². The van der Waals surface area contributed by atoms with E-state index in [2.05, 4.69) is 13.0 Å². The van der Waals surface area contributed by atoms with Crippen molar-refractivity contribution in [1.82, 2.24) is 4.40 Å². The second kappa shape index (κ2) is 8.11. The Morgan fingerprint density at radius 1 is 0.871 bits per heavy atom. The fourth-order valence-corrected chi connectivity index (χ4v) is 4.16. The molecule has 3 nitrogen and oxygen atoms in total. The number of rotatable bonds is 6. The molecule has 0 atom stereocenters. The number of aromatic nitrogens is 1. The number of aryl methyl sites for hydroxylation is 1. The van der Waals surface area contributed by atoms with Gasteiger partial charge in [-0.15, -0.1) is 0 Å². The van der Waals surface area contributed by atoms with E-state index in [1.165, 1.54) is 0 Å². The van der Waals surface area contributed by atoms with Crippen LogP contribution in [-0.2, 0) is 13.0 Å². The molecule has 3 heteroatoms. The average Bonchev–Trinajstić information content (AvgIpc) is 3.22. The fraction of sp³-hybridized carbons (Fsp3) is 0.107. The van der Waals surface area contributed by atoms with Crippen LogP contribution in [0.5, 0.6) is 5.75 Å². The molecule has 0 fully saturated rings. The van der Waals surface area contributed by atoms with Crippen molar-refractivity contribution in [1.29, 1.82) is 0 Å². The van der Waals surface area contributed by atoms with Crippen molar-refractivity contribution < 1.29 is 9.53 Å². The first-order valence-corrected chi connectivity index (χ1v) is 10.6. The van der Waals surface area contributed by atoms with Gasteiger partial charge in [-0.2, -0.15) is 0 Å². The zero-order valence-corrected chi connectivity index (χ0v) is 17.4. The van der Waals surface area contributed by atoms with Gasteiger partial charge in [-0.3, -0.25) is 4.79 Å². The van der Waals surface area contributed by atoms with Gasteiger partial charge >= 0.3 is 0 Å². The van der Waals surface area contributed by atoms with Crippen molar-refractivity contribution in [2.24, 2.45) is 0 Å². The molecule has 0 aliphatic heterocycles. The number of ketones is 1. The molecular weight excluding hydrogens is 382 g/mol. The van der Waals surface area contributed by atoms with Gasteiger partial charge in [-0.05, 0) is 46.5 Å². The lowest BCUT2D eigenvalue weighted by atomic mass is 9.98. The van der Waals surface area contributed by atoms with Gasteiger partial charge in [-0.25, -0.2) is 0 Å². The molecule has 0 saturated heterocycles. The summed E-state index contributed by atoms with van der Waals surface area (Å²) in [6, 6.07) is 30.0. The number of benzene rings is 3. The molecule has 0 N–H and O–H groups in total. The first-order chi connectivity index (χ1) is 15.3. The van der Waals surface area contributed by atoms with Crippen molar-refractivity contribution in [2.45, 2.75) is 20.0 Å². The number of ether oxygens (including phenoxy) is 1. The summed E-state index contributed by atoms with van der Waals surface area (Å²) in [6.45, 7) is 2.57. The first kappa shape index (κ1) is 19.1. The summed E-state index contributed by atoms with van der Waals surface area (Å²) in [6.07, 6.45) is 2.72. The van der Waals surface area contributed by atoms with E-state index in [1.54, 1.807) is 0 Å². The second-order valence-electron chi connectivity index (χ2n) is 7.63. The first-order valence-electron chi connectivity index (χ1n) is 10.6. The smallest absolute Gasteiger partial charge is 0.210 e. The number of carbonyl (C=O) groups excluding carboxylic acids is 1. The monoisotopic (exact) mass is 405 g/mol. The standard InChI is InChI=1S/C28H23NO2/c1-2-21-18-25-26(31-19-20-10-4-3-5-11-20)16-9-17-29(25)27(21)28(30)24-15-8-13-22-12-6-7-14-23(22)24/h3-18H,2,19H2,1H3. The predicted octanol–water partition coefficient (Wildman–Crippen LogP) is 6.46. The summed E-state index contributed by atoms with van der Waals surface area (Å²) in [5, 5.41) is 2.04. The van der Waals surface area contributed by atoms with Crippen molar-refractivity contribution in [2.75, 3.05) is 0 Å². The van der Waals surface area contributed by atoms with E-state index in [9.17, 15) is 4.79 Å². The molecule has 5 aromatic rings. The van der Waals surface area contributed by atoms with E-state index in [-0.39, 0.29) is 5.78 Å². The Morgan fingerprint density at radius 2 is 1.65 bits per heavy atom. The summed E-state index contributed by atoms with van der Waals surface area (Å²) in [7, 11) is 0. The molecule has 0 bridgehead atoms. The van der Waals surface area contributed by atoms with Crippen molar-refractivity contribution in [3.8, 4) is 5.75 Å². The SMILES string of the molecule is CCc1cc2c(OCc3ccccc3)cccn2c1C(=O)c1cccc2ccccc12. The summed E-state index contributed by atoms with van der Waals surface area (Å²) < 4.78 is 8.12. The third kappa shape index (κ3) is 3.49. The topological polar surface area (TPSA) is 30.7 Å². The van der Waals surface area contributed by atoms with Gasteiger partial charge in [0, 0.05) is 11.8 Å². The molecule has 31 heavy (non-hydrogen) atoms. The lowest BCUT2D eigenvalue weighted by molar-refractivity contribution is 0.103. The van der Waals surface area contributed by atoms with Gasteiger partial charge in [0.25, 0.3) is 0 Å². The zero-order valence-electron chi connectivity index (χ0n) is 17.4. The molecule has 0 amide bonds. The minimum atomic E-state index is 0.0360. The number of hydrogen-bond acceptors (Lipinski definition) is 2. The lowest BCUT2D eigenvalue weighted by Crippen LogP contribution is -2.08. The van der Waals surface area contributed by atoms with Gasteiger partial charge < -0.3 is 9.14 Å².